The molecule has 2 N–H and O–H groups in total. The summed E-state index contributed by atoms with van der Waals surface area (Å²) in [6, 6.07) is 0. The highest BCUT2D eigenvalue weighted by Crippen LogP contribution is 2.22. The first-order chi connectivity index (χ1) is 2.56. The maximum atomic E-state index is 5.22. The maximum absolute atomic E-state index is 5.22. The van der Waals surface area contributed by atoms with Crippen molar-refractivity contribution < 1.29 is 0 Å². The fourth-order valence-electron chi connectivity index (χ4n) is 0. The summed E-state index contributed by atoms with van der Waals surface area (Å²) in [6.07, 6.45) is 0. The molecule has 0 aliphatic heterocycles. The van der Waals surface area contributed by atoms with Crippen LogP contribution in [-0.2, 0) is 0 Å². The van der Waals surface area contributed by atoms with Gasteiger partial charge in [0.1, 0.15) is 0 Å². The van der Waals surface area contributed by atoms with Crippen molar-refractivity contribution in [3.63, 3.8) is 0 Å². The van der Waals surface area contributed by atoms with E-state index in [9.17, 15) is 0 Å². The molecule has 0 rings (SSSR count). The van der Waals surface area contributed by atoms with E-state index in [0.29, 0.717) is 0 Å². The van der Waals surface area contributed by atoms with Crippen LogP contribution in [0.1, 0.15) is 0 Å². The third kappa shape index (κ3) is 4.89. The zero-order chi connectivity index (χ0) is 5.21. The van der Waals surface area contributed by atoms with Crippen molar-refractivity contribution in [3.8, 4) is 0 Å². The van der Waals surface area contributed by atoms with Gasteiger partial charge in [0, 0.05) is 6.54 Å². The van der Waals surface area contributed by atoms with E-state index < -0.39 is 3.67 Å². The van der Waals surface area contributed by atoms with Gasteiger partial charge in [0.05, 0.1) is 0 Å². The van der Waals surface area contributed by atoms with E-state index in [2.05, 4.69) is 12.6 Å². The fourth-order valence-corrected chi connectivity index (χ4v) is 0. The number of alkyl halides is 2. The summed E-state index contributed by atoms with van der Waals surface area (Å²) < 4.78 is -1.04. The van der Waals surface area contributed by atoms with E-state index in [-0.39, 0.29) is 6.54 Å². The van der Waals surface area contributed by atoms with Gasteiger partial charge in [0.15, 0.2) is 3.67 Å². The minimum absolute atomic E-state index is 0.166. The molecule has 0 radical (unpaired) electrons. The molecule has 0 saturated heterocycles. The Balaban J connectivity index is 3.17. The maximum Gasteiger partial charge on any atom is 0.172 e. The lowest BCUT2D eigenvalue weighted by Gasteiger charge is -2.04. The standard InChI is InChI=1S/C2H5Cl2NS/c3-2(4,6)1-5/h6H,1,5H2. The van der Waals surface area contributed by atoms with Crippen molar-refractivity contribution in [1.82, 2.24) is 0 Å². The van der Waals surface area contributed by atoms with Crippen LogP contribution in [-0.4, -0.2) is 10.2 Å². The third-order valence-corrected chi connectivity index (χ3v) is 0.737. The summed E-state index contributed by atoms with van der Waals surface area (Å²) in [6.45, 7) is 0.166. The molecular weight excluding hydrogens is 141 g/mol. The highest BCUT2D eigenvalue weighted by molar-refractivity contribution is 7.85. The lowest BCUT2D eigenvalue weighted by atomic mass is 10.8. The van der Waals surface area contributed by atoms with Gasteiger partial charge in [-0.25, -0.2) is 0 Å². The number of thiol groups is 1. The molecule has 0 aromatic heterocycles. The lowest BCUT2D eigenvalue weighted by molar-refractivity contribution is 1.04. The SMILES string of the molecule is NCC(S)(Cl)Cl. The van der Waals surface area contributed by atoms with Crippen molar-refractivity contribution in [2.24, 2.45) is 5.73 Å². The predicted molar refractivity (Wildman–Crippen MR) is 32.5 cm³/mol. The van der Waals surface area contributed by atoms with Crippen LogP contribution in [0.2, 0.25) is 0 Å². The summed E-state index contributed by atoms with van der Waals surface area (Å²) in [5.41, 5.74) is 4.97. The Bertz CT molecular complexity index is 41.3. The van der Waals surface area contributed by atoms with E-state index in [0.717, 1.165) is 0 Å². The van der Waals surface area contributed by atoms with Gasteiger partial charge in [-0.2, -0.15) is 0 Å². The quantitative estimate of drug-likeness (QED) is 0.419. The molecule has 0 unspecified atom stereocenters. The van der Waals surface area contributed by atoms with Gasteiger partial charge in [0.2, 0.25) is 0 Å². The van der Waals surface area contributed by atoms with Crippen LogP contribution in [0.3, 0.4) is 0 Å². The van der Waals surface area contributed by atoms with Crippen LogP contribution >= 0.6 is 35.8 Å². The number of halogens is 2. The lowest BCUT2D eigenvalue weighted by Crippen LogP contribution is -2.17. The largest absolute Gasteiger partial charge is 0.327 e. The van der Waals surface area contributed by atoms with Gasteiger partial charge >= 0.3 is 0 Å². The molecule has 0 spiro atoms. The normalized spacial score (nSPS) is 12.0. The Kier molecular flexibility index (Phi) is 2.60. The van der Waals surface area contributed by atoms with E-state index in [1.165, 1.54) is 0 Å². The minimum Gasteiger partial charge on any atom is -0.327 e. The Labute approximate surface area is 52.2 Å². The fraction of sp³-hybridized carbons (Fsp3) is 1.00. The first-order valence-electron chi connectivity index (χ1n) is 1.36. The second-order valence-electron chi connectivity index (χ2n) is 0.870. The molecule has 0 saturated carbocycles. The van der Waals surface area contributed by atoms with Crippen LogP contribution in [0.5, 0.6) is 0 Å². The van der Waals surface area contributed by atoms with Crippen molar-refractivity contribution in [3.05, 3.63) is 0 Å². The van der Waals surface area contributed by atoms with E-state index in [1.807, 2.05) is 0 Å². The van der Waals surface area contributed by atoms with Crippen molar-refractivity contribution >= 4 is 35.8 Å². The summed E-state index contributed by atoms with van der Waals surface area (Å²) in [4.78, 5) is 0. The number of rotatable bonds is 1. The molecule has 1 nitrogen and oxygen atoms in total. The highest BCUT2D eigenvalue weighted by Gasteiger charge is 2.12. The predicted octanol–water partition coefficient (Wildman–Crippen LogP) is 1.01. The number of hydrogen-bond donors (Lipinski definition) is 2. The molecule has 0 amide bonds. The molecule has 0 aromatic carbocycles. The van der Waals surface area contributed by atoms with E-state index >= 15 is 0 Å². The van der Waals surface area contributed by atoms with Gasteiger partial charge in [-0.15, -0.1) is 12.6 Å². The zero-order valence-electron chi connectivity index (χ0n) is 2.99. The van der Waals surface area contributed by atoms with Gasteiger partial charge < -0.3 is 5.73 Å². The Morgan fingerprint density at radius 1 is 1.67 bits per heavy atom. The topological polar surface area (TPSA) is 26.0 Å². The van der Waals surface area contributed by atoms with Crippen LogP contribution in [0.25, 0.3) is 0 Å². The minimum atomic E-state index is -1.04. The van der Waals surface area contributed by atoms with Crippen LogP contribution in [0.4, 0.5) is 0 Å². The molecule has 0 atom stereocenters. The molecule has 0 heterocycles. The van der Waals surface area contributed by atoms with Crippen LogP contribution in [0.15, 0.2) is 0 Å². The smallest absolute Gasteiger partial charge is 0.172 e. The first-order valence-corrected chi connectivity index (χ1v) is 2.57. The van der Waals surface area contributed by atoms with E-state index in [4.69, 9.17) is 28.9 Å². The average Bonchev–Trinajstić information content (AvgIpc) is 1.35. The molecule has 38 valence electrons. The second kappa shape index (κ2) is 2.26. The molecule has 0 aromatic rings. The summed E-state index contributed by atoms with van der Waals surface area (Å²) in [5, 5.41) is 0. The van der Waals surface area contributed by atoms with Crippen molar-refractivity contribution in [1.29, 1.82) is 0 Å². The number of hydrogen-bond acceptors (Lipinski definition) is 2. The van der Waals surface area contributed by atoms with Crippen molar-refractivity contribution in [2.45, 2.75) is 3.67 Å². The first kappa shape index (κ1) is 6.89. The summed E-state index contributed by atoms with van der Waals surface area (Å²) in [5.74, 6) is 0. The Hall–Kier alpha value is 0.890. The van der Waals surface area contributed by atoms with Crippen molar-refractivity contribution in [2.75, 3.05) is 6.54 Å². The van der Waals surface area contributed by atoms with Gasteiger partial charge in [-0.3, -0.25) is 0 Å². The molecule has 6 heavy (non-hydrogen) atoms. The van der Waals surface area contributed by atoms with Crippen LogP contribution < -0.4 is 5.73 Å². The highest BCUT2D eigenvalue weighted by atomic mass is 35.5. The molecule has 0 aliphatic rings. The number of nitrogens with two attached hydrogens (primary N) is 1. The molecule has 4 heteroatoms. The Morgan fingerprint density at radius 2 is 1.83 bits per heavy atom. The second-order valence-corrected chi connectivity index (χ2v) is 3.64. The monoisotopic (exact) mass is 145 g/mol. The van der Waals surface area contributed by atoms with Gasteiger partial charge in [-0.1, -0.05) is 23.2 Å². The zero-order valence-corrected chi connectivity index (χ0v) is 5.39. The summed E-state index contributed by atoms with van der Waals surface area (Å²) in [7, 11) is 0. The average molecular weight is 146 g/mol. The Morgan fingerprint density at radius 3 is 1.83 bits per heavy atom. The van der Waals surface area contributed by atoms with Crippen LogP contribution in [0, 0.1) is 0 Å². The molecule has 0 bridgehead atoms. The third-order valence-electron chi connectivity index (χ3n) is 0.246. The summed E-state index contributed by atoms with van der Waals surface area (Å²) >= 11 is 14.1. The van der Waals surface area contributed by atoms with Gasteiger partial charge in [0.25, 0.3) is 0 Å². The molecule has 0 fully saturated rings. The molecule has 0 aliphatic carbocycles. The van der Waals surface area contributed by atoms with E-state index in [1.54, 1.807) is 0 Å². The van der Waals surface area contributed by atoms with Gasteiger partial charge in [-0.05, 0) is 0 Å². The molecular formula is C2H5Cl2NS.